The highest BCUT2D eigenvalue weighted by Crippen LogP contribution is 2.25. The lowest BCUT2D eigenvalue weighted by Crippen LogP contribution is -2.22. The number of amides is 1. The highest BCUT2D eigenvalue weighted by molar-refractivity contribution is 6.30. The summed E-state index contributed by atoms with van der Waals surface area (Å²) in [4.78, 5) is 29.1. The molecular weight excluding hydrogens is 368 g/mol. The van der Waals surface area contributed by atoms with Crippen LogP contribution in [0.5, 0.6) is 11.6 Å². The Hall–Kier alpha value is -3.63. The highest BCUT2D eigenvalue weighted by Gasteiger charge is 2.16. The summed E-state index contributed by atoms with van der Waals surface area (Å²) < 4.78 is 7.05. The second-order valence-electron chi connectivity index (χ2n) is 5.37. The summed E-state index contributed by atoms with van der Waals surface area (Å²) in [5.41, 5.74) is -0.370. The van der Waals surface area contributed by atoms with Crippen molar-refractivity contribution in [3.63, 3.8) is 0 Å². The van der Waals surface area contributed by atoms with Crippen LogP contribution >= 0.6 is 11.6 Å². The van der Waals surface area contributed by atoms with Gasteiger partial charge in [-0.1, -0.05) is 17.7 Å². The lowest BCUT2D eigenvalue weighted by Gasteiger charge is -2.10. The molecule has 0 saturated carbocycles. The van der Waals surface area contributed by atoms with E-state index in [1.807, 2.05) is 0 Å². The number of pyridine rings is 1. The SMILES string of the molecule is CNC(=O)C(C#N)=Cc1c(Oc2ccc(Cl)cc2)nc2ccccn2c1=O. The van der Waals surface area contributed by atoms with Crippen molar-refractivity contribution in [3.05, 3.63) is 75.2 Å². The average Bonchev–Trinajstić information content (AvgIpc) is 2.69. The Balaban J connectivity index is 2.22. The second-order valence-corrected chi connectivity index (χ2v) is 5.81. The lowest BCUT2D eigenvalue weighted by molar-refractivity contribution is -0.116. The molecule has 0 aliphatic carbocycles. The third-order valence-corrected chi connectivity index (χ3v) is 3.90. The molecular formula is C19H13ClN4O3. The van der Waals surface area contributed by atoms with Gasteiger partial charge < -0.3 is 10.1 Å². The fourth-order valence-electron chi connectivity index (χ4n) is 2.33. The number of ether oxygens (including phenoxy) is 1. The van der Waals surface area contributed by atoms with Crippen molar-refractivity contribution in [2.45, 2.75) is 0 Å². The van der Waals surface area contributed by atoms with Crippen molar-refractivity contribution in [2.75, 3.05) is 7.05 Å². The van der Waals surface area contributed by atoms with E-state index in [2.05, 4.69) is 10.3 Å². The summed E-state index contributed by atoms with van der Waals surface area (Å²) in [6.45, 7) is 0. The minimum Gasteiger partial charge on any atom is -0.438 e. The number of benzene rings is 1. The van der Waals surface area contributed by atoms with Gasteiger partial charge in [0.1, 0.15) is 28.6 Å². The molecule has 0 unspecified atom stereocenters. The Kier molecular flexibility index (Phi) is 5.20. The fraction of sp³-hybridized carbons (Fsp3) is 0.0526. The van der Waals surface area contributed by atoms with E-state index in [4.69, 9.17) is 16.3 Å². The number of nitrogens with one attached hydrogen (secondary N) is 1. The molecule has 0 fully saturated rings. The molecule has 7 nitrogen and oxygen atoms in total. The summed E-state index contributed by atoms with van der Waals surface area (Å²) in [6.07, 6.45) is 2.71. The molecule has 1 aromatic carbocycles. The molecule has 1 N–H and O–H groups in total. The van der Waals surface area contributed by atoms with Crippen LogP contribution in [0, 0.1) is 11.3 Å². The van der Waals surface area contributed by atoms with Gasteiger partial charge >= 0.3 is 0 Å². The zero-order chi connectivity index (χ0) is 19.4. The van der Waals surface area contributed by atoms with Gasteiger partial charge in [0, 0.05) is 18.3 Å². The first-order valence-corrected chi connectivity index (χ1v) is 8.20. The van der Waals surface area contributed by atoms with Crippen LogP contribution in [-0.2, 0) is 4.79 Å². The molecule has 0 bridgehead atoms. The number of nitriles is 1. The van der Waals surface area contributed by atoms with Gasteiger partial charge in [0.05, 0.1) is 0 Å². The molecule has 0 spiro atoms. The van der Waals surface area contributed by atoms with Crippen LogP contribution in [0.3, 0.4) is 0 Å². The molecule has 3 rings (SSSR count). The minimum atomic E-state index is -0.618. The van der Waals surface area contributed by atoms with Crippen LogP contribution in [-0.4, -0.2) is 22.3 Å². The predicted octanol–water partition coefficient (Wildman–Crippen LogP) is 2.79. The van der Waals surface area contributed by atoms with Crippen molar-refractivity contribution in [3.8, 4) is 17.7 Å². The third kappa shape index (κ3) is 3.81. The van der Waals surface area contributed by atoms with E-state index in [-0.39, 0.29) is 17.0 Å². The summed E-state index contributed by atoms with van der Waals surface area (Å²) in [5, 5.41) is 12.1. The van der Waals surface area contributed by atoms with Gasteiger partial charge in [0.15, 0.2) is 0 Å². The molecule has 8 heteroatoms. The first-order valence-electron chi connectivity index (χ1n) is 7.82. The van der Waals surface area contributed by atoms with E-state index in [1.54, 1.807) is 54.7 Å². The van der Waals surface area contributed by atoms with Gasteiger partial charge in [-0.25, -0.2) is 0 Å². The van der Waals surface area contributed by atoms with Gasteiger partial charge in [-0.3, -0.25) is 14.0 Å². The maximum atomic E-state index is 12.9. The van der Waals surface area contributed by atoms with Crippen LogP contribution in [0.25, 0.3) is 11.7 Å². The number of hydrogen-bond acceptors (Lipinski definition) is 5. The van der Waals surface area contributed by atoms with Gasteiger partial charge in [0.25, 0.3) is 11.5 Å². The smallest absolute Gasteiger partial charge is 0.269 e. The predicted molar refractivity (Wildman–Crippen MR) is 101 cm³/mol. The molecule has 0 radical (unpaired) electrons. The van der Waals surface area contributed by atoms with Crippen LogP contribution in [0.4, 0.5) is 0 Å². The number of carbonyl (C=O) groups is 1. The lowest BCUT2D eigenvalue weighted by atomic mass is 10.1. The number of likely N-dealkylation sites (N-methyl/N-ethyl adjacent to an activating group) is 1. The monoisotopic (exact) mass is 380 g/mol. The van der Waals surface area contributed by atoms with E-state index in [1.165, 1.54) is 17.5 Å². The van der Waals surface area contributed by atoms with Gasteiger partial charge in [-0.15, -0.1) is 0 Å². The zero-order valence-corrected chi connectivity index (χ0v) is 14.9. The Bertz CT molecular complexity index is 1140. The summed E-state index contributed by atoms with van der Waals surface area (Å²) in [5.74, 6) is -0.239. The van der Waals surface area contributed by atoms with Crippen LogP contribution in [0.15, 0.2) is 59.0 Å². The van der Waals surface area contributed by atoms with E-state index >= 15 is 0 Å². The first kappa shape index (κ1) is 18.2. The number of nitrogens with zero attached hydrogens (tertiary/aromatic N) is 3. The maximum Gasteiger partial charge on any atom is 0.269 e. The van der Waals surface area contributed by atoms with Crippen molar-refractivity contribution in [1.29, 1.82) is 5.26 Å². The van der Waals surface area contributed by atoms with Crippen LogP contribution < -0.4 is 15.6 Å². The molecule has 2 heterocycles. The number of halogens is 1. The topological polar surface area (TPSA) is 96.5 Å². The molecule has 3 aromatic rings. The Labute approximate surface area is 159 Å². The first-order chi connectivity index (χ1) is 13.0. The molecule has 134 valence electrons. The number of aromatic nitrogens is 2. The van der Waals surface area contributed by atoms with Crippen molar-refractivity contribution in [1.82, 2.24) is 14.7 Å². The number of hydrogen-bond donors (Lipinski definition) is 1. The Morgan fingerprint density at radius 2 is 2.04 bits per heavy atom. The second kappa shape index (κ2) is 7.72. The van der Waals surface area contributed by atoms with Gasteiger partial charge in [0.2, 0.25) is 5.88 Å². The van der Waals surface area contributed by atoms with E-state index in [9.17, 15) is 14.9 Å². The molecule has 0 aliphatic heterocycles. The summed E-state index contributed by atoms with van der Waals surface area (Å²) >= 11 is 5.87. The van der Waals surface area contributed by atoms with Gasteiger partial charge in [-0.2, -0.15) is 10.2 Å². The normalized spacial score (nSPS) is 11.1. The largest absolute Gasteiger partial charge is 0.438 e. The molecule has 1 amide bonds. The standard InChI is InChI=1S/C19H13ClN4O3/c1-22-17(25)12(11-21)10-15-18(27-14-7-5-13(20)6-8-14)23-16-4-2-3-9-24(16)19(15)26/h2-10H,1H3,(H,22,25). The molecule has 27 heavy (non-hydrogen) atoms. The zero-order valence-electron chi connectivity index (χ0n) is 14.1. The fourth-order valence-corrected chi connectivity index (χ4v) is 2.45. The maximum absolute atomic E-state index is 12.9. The number of fused-ring (bicyclic) bond motifs is 1. The minimum absolute atomic E-state index is 0.0196. The van der Waals surface area contributed by atoms with E-state index in [0.29, 0.717) is 16.4 Å². The van der Waals surface area contributed by atoms with Gasteiger partial charge in [-0.05, 0) is 42.5 Å². The van der Waals surface area contributed by atoms with Crippen molar-refractivity contribution >= 4 is 29.2 Å². The Morgan fingerprint density at radius 1 is 1.30 bits per heavy atom. The number of rotatable bonds is 4. The molecule has 0 saturated heterocycles. The molecule has 2 aromatic heterocycles. The number of carbonyl (C=O) groups excluding carboxylic acids is 1. The van der Waals surface area contributed by atoms with Crippen molar-refractivity contribution in [2.24, 2.45) is 0 Å². The van der Waals surface area contributed by atoms with Crippen LogP contribution in [0.1, 0.15) is 5.56 Å². The summed E-state index contributed by atoms with van der Waals surface area (Å²) in [7, 11) is 1.39. The molecule has 0 aliphatic rings. The van der Waals surface area contributed by atoms with E-state index in [0.717, 1.165) is 0 Å². The average molecular weight is 381 g/mol. The molecule has 0 atom stereocenters. The summed E-state index contributed by atoms with van der Waals surface area (Å²) in [6, 6.07) is 13.3. The van der Waals surface area contributed by atoms with Crippen molar-refractivity contribution < 1.29 is 9.53 Å². The Morgan fingerprint density at radius 3 is 2.70 bits per heavy atom. The highest BCUT2D eigenvalue weighted by atomic mass is 35.5. The van der Waals surface area contributed by atoms with E-state index < -0.39 is 11.5 Å². The third-order valence-electron chi connectivity index (χ3n) is 3.64. The van der Waals surface area contributed by atoms with Crippen LogP contribution in [0.2, 0.25) is 5.02 Å². The quantitative estimate of drug-likeness (QED) is 0.554.